The number of aliphatic carboxylic acids is 3. The molecule has 14 nitrogen and oxygen atoms in total. The molecular formula is C20H35N5O9S. The molecule has 3 amide bonds. The average Bonchev–Trinajstić information content (AvgIpc) is 2.78. The second kappa shape index (κ2) is 17.5. The summed E-state index contributed by atoms with van der Waals surface area (Å²) < 4.78 is 0. The Morgan fingerprint density at radius 3 is 1.86 bits per heavy atom. The van der Waals surface area contributed by atoms with Crippen LogP contribution in [-0.2, 0) is 28.8 Å². The molecule has 0 heterocycles. The van der Waals surface area contributed by atoms with E-state index >= 15 is 0 Å². The summed E-state index contributed by atoms with van der Waals surface area (Å²) in [7, 11) is 0. The highest BCUT2D eigenvalue weighted by atomic mass is 32.2. The van der Waals surface area contributed by atoms with Gasteiger partial charge in [-0.25, -0.2) is 4.79 Å². The summed E-state index contributed by atoms with van der Waals surface area (Å²) in [5, 5.41) is 34.0. The number of nitrogens with one attached hydrogen (secondary N) is 3. The Morgan fingerprint density at radius 1 is 0.771 bits per heavy atom. The van der Waals surface area contributed by atoms with Crippen molar-refractivity contribution < 1.29 is 44.1 Å². The average molecular weight is 522 g/mol. The molecule has 0 bridgehead atoms. The third kappa shape index (κ3) is 14.2. The quantitative estimate of drug-likeness (QED) is 0.0865. The Kier molecular flexibility index (Phi) is 16.1. The smallest absolute Gasteiger partial charge is 0.326 e. The van der Waals surface area contributed by atoms with Gasteiger partial charge in [-0.3, -0.25) is 24.0 Å². The number of carboxylic acid groups (broad SMARTS) is 3. The predicted octanol–water partition coefficient (Wildman–Crippen LogP) is -1.93. The van der Waals surface area contributed by atoms with Gasteiger partial charge in [0.1, 0.15) is 18.1 Å². The molecule has 4 unspecified atom stereocenters. The van der Waals surface area contributed by atoms with Gasteiger partial charge in [-0.15, -0.1) is 0 Å². The lowest BCUT2D eigenvalue weighted by Gasteiger charge is -2.24. The Balaban J connectivity index is 5.50. The summed E-state index contributed by atoms with van der Waals surface area (Å²) >= 11 is 1.45. The number of carbonyl (C=O) groups excluding carboxylic acids is 3. The standard InChI is InChI=1S/C20H35N5O9S/c1-35-9-7-11(22)17(30)25-14(10-16(28)29)19(32)23-12(4-2-3-8-21)18(31)24-13(20(33)34)5-6-15(26)27/h11-14H,2-10,21-22H2,1H3,(H,23,32)(H,24,31)(H,25,30)(H,26,27)(H,28,29)(H,33,34). The molecule has 0 spiro atoms. The first-order chi connectivity index (χ1) is 16.4. The SMILES string of the molecule is CSCCC(N)C(=O)NC(CC(=O)O)C(=O)NC(CCCCN)C(=O)NC(CCC(=O)O)C(=O)O. The summed E-state index contributed by atoms with van der Waals surface area (Å²) in [6, 6.07) is -5.30. The minimum Gasteiger partial charge on any atom is -0.481 e. The molecule has 10 N–H and O–H groups in total. The number of nitrogens with two attached hydrogens (primary N) is 2. The lowest BCUT2D eigenvalue weighted by atomic mass is 10.1. The minimum absolute atomic E-state index is 0.0427. The highest BCUT2D eigenvalue weighted by molar-refractivity contribution is 7.98. The van der Waals surface area contributed by atoms with Gasteiger partial charge in [0.15, 0.2) is 0 Å². The van der Waals surface area contributed by atoms with Crippen LogP contribution in [0, 0.1) is 0 Å². The number of unbranched alkanes of at least 4 members (excludes halogenated alkanes) is 1. The molecule has 0 aliphatic carbocycles. The Bertz CT molecular complexity index is 752. The molecule has 0 fully saturated rings. The maximum atomic E-state index is 12.8. The molecule has 200 valence electrons. The Morgan fingerprint density at radius 2 is 1.34 bits per heavy atom. The van der Waals surface area contributed by atoms with E-state index in [0.29, 0.717) is 31.6 Å². The molecule has 15 heteroatoms. The van der Waals surface area contributed by atoms with Crippen LogP contribution in [0.3, 0.4) is 0 Å². The maximum absolute atomic E-state index is 12.8. The number of hydrogen-bond acceptors (Lipinski definition) is 9. The predicted molar refractivity (Wildman–Crippen MR) is 126 cm³/mol. The van der Waals surface area contributed by atoms with Gasteiger partial charge in [0.2, 0.25) is 17.7 Å². The van der Waals surface area contributed by atoms with Gasteiger partial charge in [-0.05, 0) is 50.7 Å². The zero-order valence-corrected chi connectivity index (χ0v) is 20.3. The van der Waals surface area contributed by atoms with Gasteiger partial charge in [-0.2, -0.15) is 11.8 Å². The number of carboxylic acids is 3. The second-order valence-electron chi connectivity index (χ2n) is 7.72. The van der Waals surface area contributed by atoms with Crippen LogP contribution >= 0.6 is 11.8 Å². The molecule has 4 atom stereocenters. The fourth-order valence-corrected chi connectivity index (χ4v) is 3.36. The topological polar surface area (TPSA) is 251 Å². The normalized spacial score (nSPS) is 14.1. The largest absolute Gasteiger partial charge is 0.481 e. The highest BCUT2D eigenvalue weighted by Crippen LogP contribution is 2.06. The van der Waals surface area contributed by atoms with Crippen LogP contribution in [0.15, 0.2) is 0 Å². The van der Waals surface area contributed by atoms with Crippen molar-refractivity contribution in [3.05, 3.63) is 0 Å². The number of thioether (sulfide) groups is 1. The van der Waals surface area contributed by atoms with Gasteiger partial charge in [-0.1, -0.05) is 0 Å². The summed E-state index contributed by atoms with van der Waals surface area (Å²) in [5.41, 5.74) is 11.2. The maximum Gasteiger partial charge on any atom is 0.326 e. The van der Waals surface area contributed by atoms with Crippen LogP contribution < -0.4 is 27.4 Å². The van der Waals surface area contributed by atoms with Crippen LogP contribution in [0.1, 0.15) is 44.9 Å². The molecule has 0 saturated carbocycles. The van der Waals surface area contributed by atoms with Gasteiger partial charge >= 0.3 is 17.9 Å². The van der Waals surface area contributed by atoms with Gasteiger partial charge in [0, 0.05) is 6.42 Å². The third-order valence-electron chi connectivity index (χ3n) is 4.82. The number of rotatable bonds is 19. The van der Waals surface area contributed by atoms with Crippen molar-refractivity contribution in [2.75, 3.05) is 18.6 Å². The monoisotopic (exact) mass is 521 g/mol. The zero-order valence-electron chi connectivity index (χ0n) is 19.5. The first-order valence-corrected chi connectivity index (χ1v) is 12.3. The fraction of sp³-hybridized carbons (Fsp3) is 0.700. The van der Waals surface area contributed by atoms with Crippen molar-refractivity contribution in [3.8, 4) is 0 Å². The van der Waals surface area contributed by atoms with E-state index in [0.717, 1.165) is 0 Å². The Labute approximate surface area is 206 Å². The van der Waals surface area contributed by atoms with Crippen molar-refractivity contribution in [2.24, 2.45) is 11.5 Å². The van der Waals surface area contributed by atoms with E-state index in [1.165, 1.54) is 11.8 Å². The fourth-order valence-electron chi connectivity index (χ4n) is 2.87. The third-order valence-corrected chi connectivity index (χ3v) is 5.47. The van der Waals surface area contributed by atoms with Crippen LogP contribution in [0.25, 0.3) is 0 Å². The summed E-state index contributed by atoms with van der Waals surface area (Å²) in [6.45, 7) is 0.296. The molecule has 0 saturated heterocycles. The number of carbonyl (C=O) groups is 6. The van der Waals surface area contributed by atoms with Crippen molar-refractivity contribution in [1.29, 1.82) is 0 Å². The van der Waals surface area contributed by atoms with Crippen molar-refractivity contribution in [3.63, 3.8) is 0 Å². The Hall–Kier alpha value is -2.91. The number of amides is 3. The first kappa shape index (κ1) is 32.1. The van der Waals surface area contributed by atoms with Gasteiger partial charge in [0.05, 0.1) is 12.5 Å². The van der Waals surface area contributed by atoms with Gasteiger partial charge < -0.3 is 42.7 Å². The zero-order chi connectivity index (χ0) is 27.0. The van der Waals surface area contributed by atoms with E-state index in [2.05, 4.69) is 16.0 Å². The molecular weight excluding hydrogens is 486 g/mol. The van der Waals surface area contributed by atoms with Crippen LogP contribution in [-0.4, -0.2) is 93.7 Å². The summed E-state index contributed by atoms with van der Waals surface area (Å²) in [5.74, 6) is -6.12. The van der Waals surface area contributed by atoms with Crippen LogP contribution in [0.2, 0.25) is 0 Å². The van der Waals surface area contributed by atoms with Crippen LogP contribution in [0.4, 0.5) is 0 Å². The van der Waals surface area contributed by atoms with E-state index < -0.39 is 72.6 Å². The van der Waals surface area contributed by atoms with E-state index in [9.17, 15) is 33.9 Å². The lowest BCUT2D eigenvalue weighted by Crippen LogP contribution is -2.57. The van der Waals surface area contributed by atoms with Crippen molar-refractivity contribution in [2.45, 2.75) is 69.1 Å². The van der Waals surface area contributed by atoms with Gasteiger partial charge in [0.25, 0.3) is 0 Å². The van der Waals surface area contributed by atoms with E-state index in [4.69, 9.17) is 21.7 Å². The van der Waals surface area contributed by atoms with Crippen LogP contribution in [0.5, 0.6) is 0 Å². The van der Waals surface area contributed by atoms with Crippen molar-refractivity contribution >= 4 is 47.4 Å². The van der Waals surface area contributed by atoms with E-state index in [1.54, 1.807) is 0 Å². The first-order valence-electron chi connectivity index (χ1n) is 10.9. The molecule has 0 aliphatic rings. The molecule has 0 aromatic rings. The molecule has 0 aromatic heterocycles. The second-order valence-corrected chi connectivity index (χ2v) is 8.71. The molecule has 35 heavy (non-hydrogen) atoms. The molecule has 0 radical (unpaired) electrons. The molecule has 0 rings (SSSR count). The molecule has 0 aliphatic heterocycles. The lowest BCUT2D eigenvalue weighted by molar-refractivity contribution is -0.144. The summed E-state index contributed by atoms with van der Waals surface area (Å²) in [6.07, 6.45) is 1.35. The minimum atomic E-state index is -1.53. The van der Waals surface area contributed by atoms with E-state index in [-0.39, 0.29) is 12.8 Å². The number of hydrogen-bond donors (Lipinski definition) is 8. The van der Waals surface area contributed by atoms with Crippen molar-refractivity contribution in [1.82, 2.24) is 16.0 Å². The highest BCUT2D eigenvalue weighted by Gasteiger charge is 2.31. The summed E-state index contributed by atoms with van der Waals surface area (Å²) in [4.78, 5) is 71.2. The molecule has 0 aromatic carbocycles. The van der Waals surface area contributed by atoms with E-state index in [1.807, 2.05) is 6.26 Å².